The van der Waals surface area contributed by atoms with E-state index in [9.17, 15) is 0 Å². The number of hydrogen-bond donors (Lipinski definition) is 0. The number of fused-ring (bicyclic) bond motifs is 1. The van der Waals surface area contributed by atoms with Gasteiger partial charge >= 0.3 is 0 Å². The van der Waals surface area contributed by atoms with Crippen molar-refractivity contribution < 1.29 is 4.74 Å². The molecule has 1 aliphatic heterocycles. The fourth-order valence-corrected chi connectivity index (χ4v) is 8.37. The molecule has 4 saturated carbocycles. The van der Waals surface area contributed by atoms with E-state index in [4.69, 9.17) is 4.74 Å². The summed E-state index contributed by atoms with van der Waals surface area (Å²) in [6, 6.07) is 0. The van der Waals surface area contributed by atoms with Crippen molar-refractivity contribution in [3.63, 3.8) is 0 Å². The van der Waals surface area contributed by atoms with Gasteiger partial charge in [-0.25, -0.2) is 0 Å². The van der Waals surface area contributed by atoms with E-state index < -0.39 is 0 Å². The maximum Gasteiger partial charge on any atom is 0.0844 e. The van der Waals surface area contributed by atoms with Gasteiger partial charge in [0, 0.05) is 0 Å². The Labute approximate surface area is 168 Å². The van der Waals surface area contributed by atoms with Gasteiger partial charge in [-0.15, -0.1) is 0 Å². The van der Waals surface area contributed by atoms with Crippen molar-refractivity contribution in [3.8, 4) is 0 Å². The molecule has 5 rings (SSSR count). The predicted molar refractivity (Wildman–Crippen MR) is 113 cm³/mol. The Morgan fingerprint density at radius 2 is 0.852 bits per heavy atom. The van der Waals surface area contributed by atoms with E-state index in [0.29, 0.717) is 12.2 Å². The van der Waals surface area contributed by atoms with Crippen LogP contribution in [0, 0.1) is 35.5 Å². The fraction of sp³-hybridized carbons (Fsp3) is 1.00. The standard InChI is InChI=1S/C26H44O/c1-4-10-19(11-5-1)25(20-12-6-2-7-13-20)26(21-14-8-3-9-15-21)22-16-17-23-24(18-22)27-23/h19-26H,1-18H2. The quantitative estimate of drug-likeness (QED) is 0.454. The van der Waals surface area contributed by atoms with Gasteiger partial charge in [-0.05, 0) is 54.8 Å². The summed E-state index contributed by atoms with van der Waals surface area (Å²) in [6.07, 6.45) is 28.8. The van der Waals surface area contributed by atoms with Crippen LogP contribution in [0.2, 0.25) is 0 Å². The highest BCUT2D eigenvalue weighted by molar-refractivity contribution is 4.99. The molecule has 0 aromatic carbocycles. The van der Waals surface area contributed by atoms with Crippen molar-refractivity contribution >= 4 is 0 Å². The smallest absolute Gasteiger partial charge is 0.0844 e. The highest BCUT2D eigenvalue weighted by atomic mass is 16.6. The maximum atomic E-state index is 6.02. The van der Waals surface area contributed by atoms with Gasteiger partial charge in [0.15, 0.2) is 0 Å². The number of hydrogen-bond acceptors (Lipinski definition) is 1. The highest BCUT2D eigenvalue weighted by Gasteiger charge is 2.50. The summed E-state index contributed by atoms with van der Waals surface area (Å²) in [5.74, 6) is 6.35. The minimum atomic E-state index is 0.674. The molecule has 0 radical (unpaired) electrons. The van der Waals surface area contributed by atoms with E-state index in [1.54, 1.807) is 38.5 Å². The van der Waals surface area contributed by atoms with Gasteiger partial charge in [0.2, 0.25) is 0 Å². The minimum absolute atomic E-state index is 0.674. The normalized spacial score (nSPS) is 37.9. The van der Waals surface area contributed by atoms with E-state index in [1.807, 2.05) is 0 Å². The minimum Gasteiger partial charge on any atom is -0.370 e. The Kier molecular flexibility index (Phi) is 6.15. The lowest BCUT2D eigenvalue weighted by molar-refractivity contribution is 0.00106. The van der Waals surface area contributed by atoms with Crippen LogP contribution in [0.1, 0.15) is 116 Å². The van der Waals surface area contributed by atoms with E-state index >= 15 is 0 Å². The summed E-state index contributed by atoms with van der Waals surface area (Å²) >= 11 is 0. The fourth-order valence-electron chi connectivity index (χ4n) is 8.37. The van der Waals surface area contributed by atoms with Gasteiger partial charge in [0.05, 0.1) is 12.2 Å². The molecule has 1 saturated heterocycles. The van der Waals surface area contributed by atoms with Gasteiger partial charge in [0.25, 0.3) is 0 Å². The van der Waals surface area contributed by atoms with Crippen molar-refractivity contribution in [1.29, 1.82) is 0 Å². The molecule has 5 aliphatic rings. The lowest BCUT2D eigenvalue weighted by Gasteiger charge is -2.49. The molecule has 154 valence electrons. The molecular formula is C26H44O. The van der Waals surface area contributed by atoms with Crippen molar-refractivity contribution in [2.75, 3.05) is 0 Å². The zero-order valence-electron chi connectivity index (χ0n) is 17.8. The van der Waals surface area contributed by atoms with Crippen LogP contribution in [0.4, 0.5) is 0 Å². The van der Waals surface area contributed by atoms with Crippen LogP contribution in [0.3, 0.4) is 0 Å². The second-order valence-electron chi connectivity index (χ2n) is 11.1. The Bertz CT molecular complexity index is 437. The second kappa shape index (κ2) is 8.76. The zero-order valence-corrected chi connectivity index (χ0v) is 17.8. The van der Waals surface area contributed by atoms with Crippen LogP contribution >= 0.6 is 0 Å². The third kappa shape index (κ3) is 4.29. The predicted octanol–water partition coefficient (Wildman–Crippen LogP) is 7.53. The molecule has 4 atom stereocenters. The first-order chi connectivity index (χ1) is 13.4. The zero-order chi connectivity index (χ0) is 18.1. The SMILES string of the molecule is C1CCC(C(C2CCCCC2)C(C2CCCCC2)C2CCC3OC3C2)CC1. The topological polar surface area (TPSA) is 12.5 Å². The van der Waals surface area contributed by atoms with Crippen molar-refractivity contribution in [2.24, 2.45) is 35.5 Å². The second-order valence-corrected chi connectivity index (χ2v) is 11.1. The molecule has 0 aromatic heterocycles. The van der Waals surface area contributed by atoms with E-state index in [-0.39, 0.29) is 0 Å². The first-order valence-electron chi connectivity index (χ1n) is 13.1. The van der Waals surface area contributed by atoms with Gasteiger partial charge in [-0.1, -0.05) is 96.3 Å². The Hall–Kier alpha value is -0.0400. The van der Waals surface area contributed by atoms with Crippen LogP contribution in [0.25, 0.3) is 0 Å². The van der Waals surface area contributed by atoms with Crippen LogP contribution < -0.4 is 0 Å². The van der Waals surface area contributed by atoms with Crippen molar-refractivity contribution in [3.05, 3.63) is 0 Å². The Morgan fingerprint density at radius 1 is 0.407 bits per heavy atom. The molecule has 0 N–H and O–H groups in total. The lowest BCUT2D eigenvalue weighted by atomic mass is 9.56. The summed E-state index contributed by atoms with van der Waals surface area (Å²) < 4.78 is 6.02. The summed E-state index contributed by atoms with van der Waals surface area (Å²) in [4.78, 5) is 0. The first-order valence-corrected chi connectivity index (χ1v) is 13.1. The van der Waals surface area contributed by atoms with Crippen LogP contribution in [0.5, 0.6) is 0 Å². The van der Waals surface area contributed by atoms with Crippen LogP contribution in [-0.4, -0.2) is 12.2 Å². The number of epoxide rings is 1. The molecule has 1 nitrogen and oxygen atoms in total. The molecule has 1 heterocycles. The van der Waals surface area contributed by atoms with E-state index in [1.165, 1.54) is 77.0 Å². The van der Waals surface area contributed by atoms with Gasteiger partial charge in [-0.3, -0.25) is 0 Å². The van der Waals surface area contributed by atoms with Crippen LogP contribution in [0.15, 0.2) is 0 Å². The molecule has 5 fully saturated rings. The molecule has 4 unspecified atom stereocenters. The summed E-state index contributed by atoms with van der Waals surface area (Å²) in [5.41, 5.74) is 0. The maximum absolute atomic E-state index is 6.02. The molecule has 4 aliphatic carbocycles. The summed E-state index contributed by atoms with van der Waals surface area (Å²) in [5, 5.41) is 0. The number of ether oxygens (including phenoxy) is 1. The van der Waals surface area contributed by atoms with Crippen molar-refractivity contribution in [2.45, 2.75) is 128 Å². The van der Waals surface area contributed by atoms with Crippen LogP contribution in [-0.2, 0) is 4.74 Å². The highest BCUT2D eigenvalue weighted by Crippen LogP contribution is 2.54. The lowest BCUT2D eigenvalue weighted by Crippen LogP contribution is -2.42. The Morgan fingerprint density at radius 3 is 1.30 bits per heavy atom. The van der Waals surface area contributed by atoms with Gasteiger partial charge in [0.1, 0.15) is 0 Å². The molecule has 1 heteroatoms. The molecule has 0 bridgehead atoms. The summed E-state index contributed by atoms with van der Waals surface area (Å²) in [6.45, 7) is 0. The largest absolute Gasteiger partial charge is 0.370 e. The third-order valence-electron chi connectivity index (χ3n) is 9.62. The molecule has 0 spiro atoms. The van der Waals surface area contributed by atoms with Crippen molar-refractivity contribution in [1.82, 2.24) is 0 Å². The average molecular weight is 373 g/mol. The average Bonchev–Trinajstić information content (AvgIpc) is 3.53. The molecule has 27 heavy (non-hydrogen) atoms. The summed E-state index contributed by atoms with van der Waals surface area (Å²) in [7, 11) is 0. The molecule has 0 aromatic rings. The van der Waals surface area contributed by atoms with E-state index in [0.717, 1.165) is 35.5 Å². The molecule has 0 amide bonds. The third-order valence-corrected chi connectivity index (χ3v) is 9.62. The Balaban J connectivity index is 1.42. The number of rotatable bonds is 5. The molecular weight excluding hydrogens is 328 g/mol. The van der Waals surface area contributed by atoms with E-state index in [2.05, 4.69) is 0 Å². The first kappa shape index (κ1) is 19.0. The monoisotopic (exact) mass is 372 g/mol. The van der Waals surface area contributed by atoms with Gasteiger partial charge in [-0.2, -0.15) is 0 Å². The van der Waals surface area contributed by atoms with Gasteiger partial charge < -0.3 is 4.74 Å².